The molecule has 0 saturated heterocycles. The molecule has 0 aliphatic rings. The SMILES string of the molecule is CC[C@](O)(CNCc1cccnc1)c1ccc(Br)cc1. The zero-order valence-corrected chi connectivity index (χ0v) is 13.1. The Kier molecular flexibility index (Phi) is 5.29. The van der Waals surface area contributed by atoms with Gasteiger partial charge in [-0.15, -0.1) is 0 Å². The average molecular weight is 335 g/mol. The number of hydrogen-bond acceptors (Lipinski definition) is 3. The summed E-state index contributed by atoms with van der Waals surface area (Å²) < 4.78 is 1.02. The summed E-state index contributed by atoms with van der Waals surface area (Å²) in [5, 5.41) is 14.1. The number of nitrogens with zero attached hydrogens (tertiary/aromatic N) is 1. The predicted molar refractivity (Wildman–Crippen MR) is 84.3 cm³/mol. The number of halogens is 1. The summed E-state index contributed by atoms with van der Waals surface area (Å²) in [6.45, 7) is 3.21. The van der Waals surface area contributed by atoms with Crippen LogP contribution < -0.4 is 5.32 Å². The Bertz CT molecular complexity index is 530. The van der Waals surface area contributed by atoms with Crippen molar-refractivity contribution in [2.24, 2.45) is 0 Å². The van der Waals surface area contributed by atoms with Gasteiger partial charge in [-0.1, -0.05) is 41.1 Å². The maximum Gasteiger partial charge on any atom is 0.102 e. The number of rotatable bonds is 6. The average Bonchev–Trinajstić information content (AvgIpc) is 2.49. The van der Waals surface area contributed by atoms with Crippen molar-refractivity contribution in [2.45, 2.75) is 25.5 Å². The largest absolute Gasteiger partial charge is 0.384 e. The molecule has 20 heavy (non-hydrogen) atoms. The van der Waals surface area contributed by atoms with Crippen LogP contribution >= 0.6 is 15.9 Å². The quantitative estimate of drug-likeness (QED) is 0.852. The van der Waals surface area contributed by atoms with Gasteiger partial charge in [0, 0.05) is 30.0 Å². The van der Waals surface area contributed by atoms with Crippen molar-refractivity contribution >= 4 is 15.9 Å². The first-order valence-electron chi connectivity index (χ1n) is 6.72. The van der Waals surface area contributed by atoms with E-state index in [1.165, 1.54) is 0 Å². The predicted octanol–water partition coefficient (Wildman–Crippen LogP) is 3.23. The summed E-state index contributed by atoms with van der Waals surface area (Å²) in [5.74, 6) is 0. The molecule has 1 aromatic carbocycles. The van der Waals surface area contributed by atoms with Crippen LogP contribution in [-0.4, -0.2) is 16.6 Å². The summed E-state index contributed by atoms with van der Waals surface area (Å²) in [6.07, 6.45) is 4.25. The Morgan fingerprint density at radius 3 is 2.60 bits per heavy atom. The Labute approximate surface area is 128 Å². The van der Waals surface area contributed by atoms with Gasteiger partial charge in [-0.2, -0.15) is 0 Å². The highest BCUT2D eigenvalue weighted by Gasteiger charge is 2.26. The molecule has 0 bridgehead atoms. The van der Waals surface area contributed by atoms with Gasteiger partial charge in [0.1, 0.15) is 5.60 Å². The van der Waals surface area contributed by atoms with Gasteiger partial charge in [0.05, 0.1) is 0 Å². The number of aromatic nitrogens is 1. The molecule has 3 nitrogen and oxygen atoms in total. The minimum Gasteiger partial charge on any atom is -0.384 e. The molecule has 4 heteroatoms. The smallest absolute Gasteiger partial charge is 0.102 e. The summed E-state index contributed by atoms with van der Waals surface area (Å²) in [4.78, 5) is 4.08. The fourth-order valence-electron chi connectivity index (χ4n) is 2.11. The van der Waals surface area contributed by atoms with Crippen molar-refractivity contribution in [3.8, 4) is 0 Å². The van der Waals surface area contributed by atoms with Crippen LogP contribution in [0.4, 0.5) is 0 Å². The molecule has 1 heterocycles. The molecule has 0 amide bonds. The lowest BCUT2D eigenvalue weighted by atomic mass is 9.91. The highest BCUT2D eigenvalue weighted by atomic mass is 79.9. The number of pyridine rings is 1. The molecule has 1 aromatic heterocycles. The molecule has 2 N–H and O–H groups in total. The molecule has 0 aliphatic carbocycles. The highest BCUT2D eigenvalue weighted by Crippen LogP contribution is 2.25. The van der Waals surface area contributed by atoms with E-state index in [2.05, 4.69) is 26.2 Å². The van der Waals surface area contributed by atoms with Gasteiger partial charge in [0.15, 0.2) is 0 Å². The van der Waals surface area contributed by atoms with Gasteiger partial charge in [-0.05, 0) is 35.7 Å². The minimum absolute atomic E-state index is 0.514. The van der Waals surface area contributed by atoms with Crippen molar-refractivity contribution in [3.63, 3.8) is 0 Å². The van der Waals surface area contributed by atoms with Crippen molar-refractivity contribution in [1.29, 1.82) is 0 Å². The molecular weight excluding hydrogens is 316 g/mol. The second-order valence-corrected chi connectivity index (χ2v) is 5.77. The number of hydrogen-bond donors (Lipinski definition) is 2. The van der Waals surface area contributed by atoms with E-state index < -0.39 is 5.60 Å². The molecule has 0 spiro atoms. The third-order valence-corrected chi connectivity index (χ3v) is 3.96. The molecule has 0 radical (unpaired) electrons. The third kappa shape index (κ3) is 3.88. The number of benzene rings is 1. The molecule has 2 aromatic rings. The van der Waals surface area contributed by atoms with Crippen LogP contribution in [-0.2, 0) is 12.1 Å². The first-order chi connectivity index (χ1) is 9.64. The van der Waals surface area contributed by atoms with Crippen LogP contribution in [0.3, 0.4) is 0 Å². The molecule has 2 rings (SSSR count). The molecule has 0 aliphatic heterocycles. The maximum atomic E-state index is 10.8. The van der Waals surface area contributed by atoms with Gasteiger partial charge >= 0.3 is 0 Å². The monoisotopic (exact) mass is 334 g/mol. The lowest BCUT2D eigenvalue weighted by Crippen LogP contribution is -2.37. The summed E-state index contributed by atoms with van der Waals surface area (Å²) in [7, 11) is 0. The van der Waals surface area contributed by atoms with E-state index in [1.807, 2.05) is 49.5 Å². The second-order valence-electron chi connectivity index (χ2n) is 4.86. The van der Waals surface area contributed by atoms with Crippen molar-refractivity contribution in [3.05, 3.63) is 64.4 Å². The molecule has 0 fully saturated rings. The first-order valence-corrected chi connectivity index (χ1v) is 7.51. The Morgan fingerprint density at radius 1 is 1.25 bits per heavy atom. The van der Waals surface area contributed by atoms with E-state index in [-0.39, 0.29) is 0 Å². The second kappa shape index (κ2) is 6.97. The maximum absolute atomic E-state index is 10.8. The van der Waals surface area contributed by atoms with E-state index in [9.17, 15) is 5.11 Å². The van der Waals surface area contributed by atoms with Crippen LogP contribution in [0.5, 0.6) is 0 Å². The fourth-order valence-corrected chi connectivity index (χ4v) is 2.37. The summed E-state index contributed by atoms with van der Waals surface area (Å²) >= 11 is 3.41. The highest BCUT2D eigenvalue weighted by molar-refractivity contribution is 9.10. The van der Waals surface area contributed by atoms with E-state index in [1.54, 1.807) is 6.20 Å². The summed E-state index contributed by atoms with van der Waals surface area (Å²) in [5.41, 5.74) is 1.20. The molecule has 0 unspecified atom stereocenters. The third-order valence-electron chi connectivity index (χ3n) is 3.44. The minimum atomic E-state index is -0.844. The Balaban J connectivity index is 1.99. The van der Waals surface area contributed by atoms with Crippen LogP contribution in [0.2, 0.25) is 0 Å². The van der Waals surface area contributed by atoms with Gasteiger partial charge in [-0.3, -0.25) is 4.98 Å². The molecule has 1 atom stereocenters. The van der Waals surface area contributed by atoms with E-state index >= 15 is 0 Å². The van der Waals surface area contributed by atoms with Gasteiger partial charge in [0.2, 0.25) is 0 Å². The van der Waals surface area contributed by atoms with Crippen LogP contribution in [0, 0.1) is 0 Å². The van der Waals surface area contributed by atoms with Crippen LogP contribution in [0.1, 0.15) is 24.5 Å². The zero-order chi connectivity index (χ0) is 14.4. The summed E-state index contributed by atoms with van der Waals surface area (Å²) in [6, 6.07) is 11.8. The lowest BCUT2D eigenvalue weighted by molar-refractivity contribution is 0.0323. The van der Waals surface area contributed by atoms with Crippen molar-refractivity contribution in [2.75, 3.05) is 6.54 Å². The molecular formula is C16H19BrN2O. The molecule has 0 saturated carbocycles. The van der Waals surface area contributed by atoms with Gasteiger partial charge in [0.25, 0.3) is 0 Å². The Hall–Kier alpha value is -1.23. The van der Waals surface area contributed by atoms with E-state index in [4.69, 9.17) is 0 Å². The fraction of sp³-hybridized carbons (Fsp3) is 0.312. The van der Waals surface area contributed by atoms with Gasteiger partial charge < -0.3 is 10.4 Å². The first kappa shape index (κ1) is 15.2. The van der Waals surface area contributed by atoms with Gasteiger partial charge in [-0.25, -0.2) is 0 Å². The number of nitrogens with one attached hydrogen (secondary N) is 1. The van der Waals surface area contributed by atoms with E-state index in [0.717, 1.165) is 15.6 Å². The van der Waals surface area contributed by atoms with Crippen molar-refractivity contribution < 1.29 is 5.11 Å². The standard InChI is InChI=1S/C16H19BrN2O/c1-2-16(20,14-5-7-15(17)8-6-14)12-19-11-13-4-3-9-18-10-13/h3-10,19-20H,2,11-12H2,1H3/t16-/m0/s1. The van der Waals surface area contributed by atoms with E-state index in [0.29, 0.717) is 19.5 Å². The Morgan fingerprint density at radius 2 is 2.00 bits per heavy atom. The lowest BCUT2D eigenvalue weighted by Gasteiger charge is -2.28. The molecule has 106 valence electrons. The van der Waals surface area contributed by atoms with Crippen LogP contribution in [0.15, 0.2) is 53.3 Å². The zero-order valence-electron chi connectivity index (χ0n) is 11.5. The van der Waals surface area contributed by atoms with Crippen molar-refractivity contribution in [1.82, 2.24) is 10.3 Å². The number of aliphatic hydroxyl groups is 1. The normalized spacial score (nSPS) is 13.9. The van der Waals surface area contributed by atoms with Crippen LogP contribution in [0.25, 0.3) is 0 Å². The topological polar surface area (TPSA) is 45.1 Å².